The molecule has 15 heavy (non-hydrogen) atoms. The summed E-state index contributed by atoms with van der Waals surface area (Å²) in [6, 6.07) is 0. The third kappa shape index (κ3) is 2.97. The standard InChI is InChI=1S/C10H18N4O/c1-4-5-10(2,3)14-8-7(11)9(15)13-6-12-8/h6H,4-5,11H2,1-3H3,(H2,12,13,14,15). The van der Waals surface area contributed by atoms with Crippen LogP contribution in [0, 0.1) is 0 Å². The second-order valence-electron chi connectivity index (χ2n) is 4.25. The number of anilines is 2. The highest BCUT2D eigenvalue weighted by molar-refractivity contribution is 5.59. The van der Waals surface area contributed by atoms with E-state index in [9.17, 15) is 4.79 Å². The van der Waals surface area contributed by atoms with Crippen molar-refractivity contribution in [2.75, 3.05) is 11.1 Å². The van der Waals surface area contributed by atoms with Gasteiger partial charge >= 0.3 is 0 Å². The fourth-order valence-corrected chi connectivity index (χ4v) is 1.52. The van der Waals surface area contributed by atoms with Crippen molar-refractivity contribution in [2.24, 2.45) is 0 Å². The molecule has 0 atom stereocenters. The van der Waals surface area contributed by atoms with Crippen molar-refractivity contribution in [3.8, 4) is 0 Å². The lowest BCUT2D eigenvalue weighted by Gasteiger charge is -2.26. The normalized spacial score (nSPS) is 11.4. The molecule has 0 spiro atoms. The van der Waals surface area contributed by atoms with Crippen LogP contribution in [-0.2, 0) is 0 Å². The smallest absolute Gasteiger partial charge is 0.276 e. The van der Waals surface area contributed by atoms with Gasteiger partial charge in [0.25, 0.3) is 5.56 Å². The molecule has 5 heteroatoms. The lowest BCUT2D eigenvalue weighted by molar-refractivity contribution is 0.509. The van der Waals surface area contributed by atoms with E-state index in [1.54, 1.807) is 0 Å². The average molecular weight is 210 g/mol. The zero-order chi connectivity index (χ0) is 11.5. The van der Waals surface area contributed by atoms with Gasteiger partial charge < -0.3 is 16.0 Å². The van der Waals surface area contributed by atoms with Gasteiger partial charge in [0.05, 0.1) is 6.33 Å². The second kappa shape index (κ2) is 4.33. The number of nitrogens with two attached hydrogens (primary N) is 1. The van der Waals surface area contributed by atoms with E-state index in [-0.39, 0.29) is 16.8 Å². The van der Waals surface area contributed by atoms with Crippen molar-refractivity contribution in [3.05, 3.63) is 16.7 Å². The van der Waals surface area contributed by atoms with Gasteiger partial charge in [-0.2, -0.15) is 0 Å². The SMILES string of the molecule is CCCC(C)(C)Nc1nc[nH]c(=O)c1N. The van der Waals surface area contributed by atoms with Crippen LogP contribution in [0.4, 0.5) is 11.5 Å². The highest BCUT2D eigenvalue weighted by Gasteiger charge is 2.18. The van der Waals surface area contributed by atoms with Crippen LogP contribution in [-0.4, -0.2) is 15.5 Å². The number of aromatic amines is 1. The van der Waals surface area contributed by atoms with E-state index >= 15 is 0 Å². The third-order valence-corrected chi connectivity index (χ3v) is 2.22. The topological polar surface area (TPSA) is 83.8 Å². The molecular weight excluding hydrogens is 192 g/mol. The molecule has 4 N–H and O–H groups in total. The maximum absolute atomic E-state index is 11.2. The molecule has 0 aromatic carbocycles. The van der Waals surface area contributed by atoms with Crippen LogP contribution in [0.1, 0.15) is 33.6 Å². The Morgan fingerprint density at radius 3 is 2.87 bits per heavy atom. The first-order valence-corrected chi connectivity index (χ1v) is 5.07. The molecule has 0 saturated carbocycles. The van der Waals surface area contributed by atoms with Crippen LogP contribution >= 0.6 is 0 Å². The summed E-state index contributed by atoms with van der Waals surface area (Å²) in [7, 11) is 0. The molecule has 0 aliphatic rings. The molecule has 0 aliphatic carbocycles. The molecule has 0 fully saturated rings. The number of aromatic nitrogens is 2. The highest BCUT2D eigenvalue weighted by atomic mass is 16.1. The van der Waals surface area contributed by atoms with Gasteiger partial charge in [-0.15, -0.1) is 0 Å². The number of H-pyrrole nitrogens is 1. The fourth-order valence-electron chi connectivity index (χ4n) is 1.52. The number of hydrogen-bond donors (Lipinski definition) is 3. The minimum atomic E-state index is -0.306. The van der Waals surface area contributed by atoms with Crippen LogP contribution < -0.4 is 16.6 Å². The first-order chi connectivity index (χ1) is 6.96. The molecule has 1 heterocycles. The molecule has 0 saturated heterocycles. The summed E-state index contributed by atoms with van der Waals surface area (Å²) in [4.78, 5) is 17.7. The van der Waals surface area contributed by atoms with Crippen molar-refractivity contribution < 1.29 is 0 Å². The average Bonchev–Trinajstić information content (AvgIpc) is 2.12. The lowest BCUT2D eigenvalue weighted by atomic mass is 9.99. The maximum atomic E-state index is 11.2. The first-order valence-electron chi connectivity index (χ1n) is 5.07. The Hall–Kier alpha value is -1.52. The molecule has 0 bridgehead atoms. The summed E-state index contributed by atoms with van der Waals surface area (Å²) < 4.78 is 0. The Morgan fingerprint density at radius 1 is 1.60 bits per heavy atom. The third-order valence-electron chi connectivity index (χ3n) is 2.22. The van der Waals surface area contributed by atoms with Gasteiger partial charge in [-0.1, -0.05) is 13.3 Å². The summed E-state index contributed by atoms with van der Waals surface area (Å²) in [5, 5.41) is 3.17. The monoisotopic (exact) mass is 210 g/mol. The molecule has 1 rings (SSSR count). The zero-order valence-electron chi connectivity index (χ0n) is 9.42. The molecule has 5 nitrogen and oxygen atoms in total. The number of rotatable bonds is 4. The van der Waals surface area contributed by atoms with Crippen molar-refractivity contribution >= 4 is 11.5 Å². The summed E-state index contributed by atoms with van der Waals surface area (Å²) in [6.45, 7) is 6.22. The minimum Gasteiger partial charge on any atom is -0.391 e. The van der Waals surface area contributed by atoms with Crippen molar-refractivity contribution in [2.45, 2.75) is 39.2 Å². The minimum absolute atomic E-state index is 0.107. The number of nitrogens with one attached hydrogen (secondary N) is 2. The fraction of sp³-hybridized carbons (Fsp3) is 0.600. The Morgan fingerprint density at radius 2 is 2.27 bits per heavy atom. The number of hydrogen-bond acceptors (Lipinski definition) is 4. The van der Waals surface area contributed by atoms with Gasteiger partial charge in [0.2, 0.25) is 0 Å². The van der Waals surface area contributed by atoms with Crippen LogP contribution in [0.3, 0.4) is 0 Å². The predicted octanol–water partition coefficient (Wildman–Crippen LogP) is 1.34. The van der Waals surface area contributed by atoms with Gasteiger partial charge in [-0.3, -0.25) is 4.79 Å². The molecule has 0 unspecified atom stereocenters. The highest BCUT2D eigenvalue weighted by Crippen LogP contribution is 2.19. The molecule has 0 amide bonds. The molecule has 0 aliphatic heterocycles. The van der Waals surface area contributed by atoms with Crippen molar-refractivity contribution in [3.63, 3.8) is 0 Å². The molecule has 1 aromatic heterocycles. The van der Waals surface area contributed by atoms with Gasteiger partial charge in [-0.25, -0.2) is 4.98 Å². The summed E-state index contributed by atoms with van der Waals surface area (Å²) >= 11 is 0. The molecule has 84 valence electrons. The van der Waals surface area contributed by atoms with Crippen LogP contribution in [0.2, 0.25) is 0 Å². The molecular formula is C10H18N4O. The van der Waals surface area contributed by atoms with Gasteiger partial charge in [0.1, 0.15) is 5.69 Å². The molecule has 0 radical (unpaired) electrons. The molecule has 1 aromatic rings. The van der Waals surface area contributed by atoms with Crippen molar-refractivity contribution in [1.82, 2.24) is 9.97 Å². The van der Waals surface area contributed by atoms with Crippen LogP contribution in [0.25, 0.3) is 0 Å². The van der Waals surface area contributed by atoms with E-state index in [0.29, 0.717) is 5.82 Å². The van der Waals surface area contributed by atoms with Gasteiger partial charge in [-0.05, 0) is 20.3 Å². The van der Waals surface area contributed by atoms with E-state index in [2.05, 4.69) is 36.1 Å². The zero-order valence-corrected chi connectivity index (χ0v) is 9.42. The van der Waals surface area contributed by atoms with E-state index < -0.39 is 0 Å². The summed E-state index contributed by atoms with van der Waals surface area (Å²) in [5.41, 5.74) is 5.34. The van der Waals surface area contributed by atoms with Gasteiger partial charge in [0.15, 0.2) is 5.82 Å². The van der Waals surface area contributed by atoms with E-state index in [1.807, 2.05) is 0 Å². The van der Waals surface area contributed by atoms with Crippen LogP contribution in [0.5, 0.6) is 0 Å². The van der Waals surface area contributed by atoms with E-state index in [1.165, 1.54) is 6.33 Å². The quantitative estimate of drug-likeness (QED) is 0.700. The Kier molecular flexibility index (Phi) is 3.34. The van der Waals surface area contributed by atoms with Crippen LogP contribution in [0.15, 0.2) is 11.1 Å². The maximum Gasteiger partial charge on any atom is 0.276 e. The first kappa shape index (κ1) is 11.6. The number of nitrogens with zero attached hydrogens (tertiary/aromatic N) is 1. The van der Waals surface area contributed by atoms with Gasteiger partial charge in [0, 0.05) is 5.54 Å². The largest absolute Gasteiger partial charge is 0.391 e. The lowest BCUT2D eigenvalue weighted by Crippen LogP contribution is -2.32. The summed E-state index contributed by atoms with van der Waals surface area (Å²) in [6.07, 6.45) is 3.40. The Bertz CT molecular complexity index is 383. The Balaban J connectivity index is 2.90. The predicted molar refractivity (Wildman–Crippen MR) is 61.9 cm³/mol. The summed E-state index contributed by atoms with van der Waals surface area (Å²) in [5.74, 6) is 0.456. The van der Waals surface area contributed by atoms with E-state index in [0.717, 1.165) is 12.8 Å². The second-order valence-corrected chi connectivity index (χ2v) is 4.25. The Labute approximate surface area is 89.1 Å². The number of nitrogen functional groups attached to an aromatic ring is 1. The van der Waals surface area contributed by atoms with Crippen molar-refractivity contribution in [1.29, 1.82) is 0 Å². The van der Waals surface area contributed by atoms with E-state index in [4.69, 9.17) is 5.73 Å².